The number of ether oxygens (including phenoxy) is 1. The summed E-state index contributed by atoms with van der Waals surface area (Å²) in [7, 11) is 1.65. The van der Waals surface area contributed by atoms with Crippen molar-refractivity contribution in [2.75, 3.05) is 13.7 Å². The van der Waals surface area contributed by atoms with Gasteiger partial charge in [0.05, 0.1) is 18.1 Å². The number of nitrogens with zero attached hydrogens (tertiary/aromatic N) is 2. The van der Waals surface area contributed by atoms with Gasteiger partial charge in [-0.3, -0.25) is 4.72 Å². The number of rotatable bonds is 7. The number of nitrogens with one attached hydrogen (secondary N) is 2. The Morgan fingerprint density at radius 2 is 1.93 bits per heavy atom. The topological polar surface area (TPSA) is 70.2 Å². The van der Waals surface area contributed by atoms with Gasteiger partial charge in [-0.25, -0.2) is 9.78 Å². The summed E-state index contributed by atoms with van der Waals surface area (Å²) in [4.78, 5) is 24.1. The van der Waals surface area contributed by atoms with Crippen molar-refractivity contribution in [1.29, 1.82) is 0 Å². The number of methoxy groups -OCH3 is 1. The molecule has 0 radical (unpaired) electrons. The van der Waals surface area contributed by atoms with Gasteiger partial charge in [-0.1, -0.05) is 31.4 Å². The highest BCUT2D eigenvalue weighted by Gasteiger charge is 2.25. The van der Waals surface area contributed by atoms with Crippen LogP contribution in [0.25, 0.3) is 11.0 Å². The number of amides is 2. The molecule has 2 aromatic carbocycles. The summed E-state index contributed by atoms with van der Waals surface area (Å²) in [6.45, 7) is 0.652. The number of urea groups is 1. The Morgan fingerprint density at radius 1 is 1.17 bits per heavy atom. The Morgan fingerprint density at radius 3 is 2.67 bits per heavy atom. The maximum absolute atomic E-state index is 13.1. The van der Waals surface area contributed by atoms with Crippen LogP contribution in [0.1, 0.15) is 37.9 Å². The van der Waals surface area contributed by atoms with E-state index in [1.807, 2.05) is 53.4 Å². The van der Waals surface area contributed by atoms with E-state index in [4.69, 9.17) is 4.74 Å². The average Bonchev–Trinajstić information content (AvgIpc) is 3.22. The second-order valence-corrected chi connectivity index (χ2v) is 8.50. The standard InChI is InChI=1S/C23H28N4O2S/c1-29-18-11-13-19(14-12-18)30-26-23(28)27(17-7-3-2-4-8-17)16-15-22-24-20-9-5-6-10-21(20)25-22/h5-6,9-14,17H,2-4,7-8,15-16H2,1H3,(H,24,25)(H,26,28). The van der Waals surface area contributed by atoms with Crippen LogP contribution in [0.5, 0.6) is 5.75 Å². The number of para-hydroxylation sites is 2. The van der Waals surface area contributed by atoms with Crippen molar-refractivity contribution in [2.45, 2.75) is 49.5 Å². The molecular weight excluding hydrogens is 396 g/mol. The van der Waals surface area contributed by atoms with Gasteiger partial charge in [-0.15, -0.1) is 0 Å². The number of carbonyl (C=O) groups excluding carboxylic acids is 1. The number of aromatic nitrogens is 2. The Balaban J connectivity index is 1.40. The van der Waals surface area contributed by atoms with Crippen molar-refractivity contribution >= 4 is 29.0 Å². The number of carbonyl (C=O) groups is 1. The Bertz CT molecular complexity index is 934. The predicted molar refractivity (Wildman–Crippen MR) is 121 cm³/mol. The zero-order chi connectivity index (χ0) is 20.8. The van der Waals surface area contributed by atoms with E-state index in [0.717, 1.165) is 40.3 Å². The number of hydrogen-bond acceptors (Lipinski definition) is 4. The zero-order valence-electron chi connectivity index (χ0n) is 17.3. The third-order valence-corrected chi connectivity index (χ3v) is 6.40. The summed E-state index contributed by atoms with van der Waals surface area (Å²) in [6.07, 6.45) is 6.48. The van der Waals surface area contributed by atoms with Crippen molar-refractivity contribution in [2.24, 2.45) is 0 Å². The lowest BCUT2D eigenvalue weighted by molar-refractivity contribution is 0.161. The molecule has 1 saturated carbocycles. The Kier molecular flexibility index (Phi) is 6.79. The van der Waals surface area contributed by atoms with Crippen LogP contribution in [0.3, 0.4) is 0 Å². The van der Waals surface area contributed by atoms with E-state index in [1.54, 1.807) is 7.11 Å². The van der Waals surface area contributed by atoms with E-state index in [1.165, 1.54) is 31.2 Å². The molecule has 7 heteroatoms. The lowest BCUT2D eigenvalue weighted by Crippen LogP contribution is -2.46. The van der Waals surface area contributed by atoms with Crippen LogP contribution < -0.4 is 9.46 Å². The molecule has 3 aromatic rings. The monoisotopic (exact) mass is 424 g/mol. The first-order chi connectivity index (χ1) is 14.7. The normalized spacial score (nSPS) is 14.6. The fourth-order valence-corrected chi connectivity index (χ4v) is 4.59. The molecule has 0 aliphatic heterocycles. The summed E-state index contributed by atoms with van der Waals surface area (Å²) in [5.74, 6) is 1.73. The van der Waals surface area contributed by atoms with Gasteiger partial charge in [0.15, 0.2) is 0 Å². The molecule has 0 atom stereocenters. The molecule has 6 nitrogen and oxygen atoms in total. The van der Waals surface area contributed by atoms with Crippen molar-refractivity contribution in [3.8, 4) is 5.75 Å². The molecule has 1 fully saturated rings. The minimum atomic E-state index is -0.0289. The molecule has 4 rings (SSSR count). The van der Waals surface area contributed by atoms with E-state index in [2.05, 4.69) is 14.7 Å². The molecule has 0 bridgehead atoms. The van der Waals surface area contributed by atoms with Gasteiger partial charge < -0.3 is 14.6 Å². The maximum atomic E-state index is 13.1. The number of hydrogen-bond donors (Lipinski definition) is 2. The van der Waals surface area contributed by atoms with Crippen LogP contribution in [0.2, 0.25) is 0 Å². The number of fused-ring (bicyclic) bond motifs is 1. The van der Waals surface area contributed by atoms with E-state index in [0.29, 0.717) is 19.0 Å². The summed E-state index contributed by atoms with van der Waals surface area (Å²) in [5.41, 5.74) is 2.01. The number of aromatic amines is 1. The molecular formula is C23H28N4O2S. The SMILES string of the molecule is COc1ccc(SNC(=O)N(CCc2nc3ccccc3[nH]2)C2CCCCC2)cc1. The Hall–Kier alpha value is -2.67. The lowest BCUT2D eigenvalue weighted by atomic mass is 9.94. The first-order valence-corrected chi connectivity index (χ1v) is 11.4. The fourth-order valence-electron chi connectivity index (χ4n) is 4.00. The molecule has 0 spiro atoms. The van der Waals surface area contributed by atoms with Crippen LogP contribution in [0.15, 0.2) is 53.4 Å². The van der Waals surface area contributed by atoms with E-state index in [9.17, 15) is 4.79 Å². The predicted octanol–water partition coefficient (Wildman–Crippen LogP) is 5.17. The minimum absolute atomic E-state index is 0.0289. The molecule has 1 aliphatic rings. The maximum Gasteiger partial charge on any atom is 0.327 e. The molecule has 1 aromatic heterocycles. The highest BCUT2D eigenvalue weighted by molar-refractivity contribution is 7.98. The second kappa shape index (κ2) is 9.89. The largest absolute Gasteiger partial charge is 0.497 e. The van der Waals surface area contributed by atoms with Crippen molar-refractivity contribution in [3.05, 3.63) is 54.4 Å². The van der Waals surface area contributed by atoms with Gasteiger partial charge in [0.1, 0.15) is 11.6 Å². The summed E-state index contributed by atoms with van der Waals surface area (Å²) >= 11 is 1.35. The zero-order valence-corrected chi connectivity index (χ0v) is 18.1. The highest BCUT2D eigenvalue weighted by atomic mass is 32.2. The van der Waals surface area contributed by atoms with Crippen LogP contribution in [0, 0.1) is 0 Å². The van der Waals surface area contributed by atoms with Gasteiger partial charge in [-0.2, -0.15) is 0 Å². The van der Waals surface area contributed by atoms with E-state index < -0.39 is 0 Å². The molecule has 2 amide bonds. The van der Waals surface area contributed by atoms with Crippen LogP contribution in [0.4, 0.5) is 4.79 Å². The molecule has 0 saturated heterocycles. The fraction of sp³-hybridized carbons (Fsp3) is 0.391. The minimum Gasteiger partial charge on any atom is -0.497 e. The molecule has 1 heterocycles. The van der Waals surface area contributed by atoms with Gasteiger partial charge in [-0.05, 0) is 61.2 Å². The summed E-state index contributed by atoms with van der Waals surface area (Å²) in [5, 5.41) is 0. The second-order valence-electron chi connectivity index (χ2n) is 7.62. The molecule has 158 valence electrons. The van der Waals surface area contributed by atoms with Crippen molar-refractivity contribution < 1.29 is 9.53 Å². The van der Waals surface area contributed by atoms with Crippen LogP contribution in [-0.2, 0) is 6.42 Å². The summed E-state index contributed by atoms with van der Waals surface area (Å²) < 4.78 is 8.22. The third-order valence-electron chi connectivity index (χ3n) is 5.62. The quantitative estimate of drug-likeness (QED) is 0.514. The Labute approximate surface area is 181 Å². The van der Waals surface area contributed by atoms with E-state index >= 15 is 0 Å². The number of H-pyrrole nitrogens is 1. The number of benzene rings is 2. The van der Waals surface area contributed by atoms with Gasteiger partial charge in [0.2, 0.25) is 0 Å². The smallest absolute Gasteiger partial charge is 0.327 e. The van der Waals surface area contributed by atoms with Gasteiger partial charge in [0.25, 0.3) is 0 Å². The molecule has 1 aliphatic carbocycles. The first-order valence-electron chi connectivity index (χ1n) is 10.5. The number of imidazole rings is 1. The van der Waals surface area contributed by atoms with Crippen molar-refractivity contribution in [1.82, 2.24) is 19.6 Å². The highest BCUT2D eigenvalue weighted by Crippen LogP contribution is 2.25. The first kappa shape index (κ1) is 20.6. The molecule has 30 heavy (non-hydrogen) atoms. The van der Waals surface area contributed by atoms with Crippen molar-refractivity contribution in [3.63, 3.8) is 0 Å². The van der Waals surface area contributed by atoms with Gasteiger partial charge >= 0.3 is 6.03 Å². The van der Waals surface area contributed by atoms with Crippen LogP contribution in [-0.4, -0.2) is 40.6 Å². The van der Waals surface area contributed by atoms with E-state index in [-0.39, 0.29) is 6.03 Å². The van der Waals surface area contributed by atoms with Gasteiger partial charge in [0, 0.05) is 23.9 Å². The van der Waals surface area contributed by atoms with Crippen LogP contribution >= 0.6 is 11.9 Å². The third kappa shape index (κ3) is 5.08. The lowest BCUT2D eigenvalue weighted by Gasteiger charge is -2.34. The average molecular weight is 425 g/mol. The molecule has 2 N–H and O–H groups in total. The molecule has 0 unspecified atom stereocenters. The summed E-state index contributed by atoms with van der Waals surface area (Å²) in [6, 6.07) is 16.0.